The summed E-state index contributed by atoms with van der Waals surface area (Å²) >= 11 is 0. The molecular formula is C14H18N2O3. The molecule has 1 fully saturated rings. The number of carbonyl (C=O) groups is 2. The smallest absolute Gasteiger partial charge is 0.330 e. The van der Waals surface area contributed by atoms with E-state index < -0.39 is 18.0 Å². The van der Waals surface area contributed by atoms with Gasteiger partial charge in [-0.2, -0.15) is 0 Å². The van der Waals surface area contributed by atoms with Crippen LogP contribution >= 0.6 is 0 Å². The number of carbonyl (C=O) groups excluding carboxylic acids is 1. The standard InChI is InChI=1S/C14H18N2O3/c17-13(18)12(10-6-2-1-3-7-10)16-14(19)15-11-8-4-5-9-11/h1-3,6-7,11-12H,4-5,8-9H2,(H,17,18)(H2,15,16,19)/t12-/m1/s1. The van der Waals surface area contributed by atoms with Crippen LogP contribution in [0.3, 0.4) is 0 Å². The van der Waals surface area contributed by atoms with Crippen LogP contribution in [0.1, 0.15) is 37.3 Å². The third-order valence-corrected chi connectivity index (χ3v) is 3.35. The number of hydrogen-bond acceptors (Lipinski definition) is 2. The van der Waals surface area contributed by atoms with Crippen LogP contribution < -0.4 is 10.6 Å². The molecule has 0 aliphatic heterocycles. The first-order valence-corrected chi connectivity index (χ1v) is 6.51. The SMILES string of the molecule is O=C(NC1CCCC1)N[C@@H](C(=O)O)c1ccccc1. The molecule has 1 saturated carbocycles. The molecule has 0 aromatic heterocycles. The molecule has 1 atom stereocenters. The van der Waals surface area contributed by atoms with E-state index in [4.69, 9.17) is 0 Å². The Balaban J connectivity index is 1.97. The average molecular weight is 262 g/mol. The number of amides is 2. The van der Waals surface area contributed by atoms with E-state index in [1.807, 2.05) is 0 Å². The fourth-order valence-electron chi connectivity index (χ4n) is 2.36. The van der Waals surface area contributed by atoms with Gasteiger partial charge in [0.1, 0.15) is 0 Å². The van der Waals surface area contributed by atoms with Gasteiger partial charge in [-0.15, -0.1) is 0 Å². The zero-order valence-corrected chi connectivity index (χ0v) is 10.6. The van der Waals surface area contributed by atoms with Gasteiger partial charge in [0.25, 0.3) is 0 Å². The number of carboxylic acids is 1. The maximum Gasteiger partial charge on any atom is 0.330 e. The van der Waals surface area contributed by atoms with Crippen LogP contribution in [0.2, 0.25) is 0 Å². The van der Waals surface area contributed by atoms with Crippen molar-refractivity contribution in [2.75, 3.05) is 0 Å². The lowest BCUT2D eigenvalue weighted by atomic mass is 10.1. The van der Waals surface area contributed by atoms with Gasteiger partial charge in [-0.1, -0.05) is 43.2 Å². The summed E-state index contributed by atoms with van der Waals surface area (Å²) in [6.45, 7) is 0. The highest BCUT2D eigenvalue weighted by Crippen LogP contribution is 2.18. The summed E-state index contributed by atoms with van der Waals surface area (Å²) < 4.78 is 0. The van der Waals surface area contributed by atoms with E-state index in [1.54, 1.807) is 30.3 Å². The predicted octanol–water partition coefficient (Wildman–Crippen LogP) is 2.05. The third-order valence-electron chi connectivity index (χ3n) is 3.35. The molecule has 0 unspecified atom stereocenters. The number of urea groups is 1. The van der Waals surface area contributed by atoms with Crippen LogP contribution in [-0.4, -0.2) is 23.1 Å². The van der Waals surface area contributed by atoms with Crippen molar-refractivity contribution in [3.63, 3.8) is 0 Å². The van der Waals surface area contributed by atoms with Crippen LogP contribution in [0.15, 0.2) is 30.3 Å². The van der Waals surface area contributed by atoms with Crippen LogP contribution in [0.4, 0.5) is 4.79 Å². The van der Waals surface area contributed by atoms with Gasteiger partial charge in [-0.3, -0.25) is 0 Å². The number of hydrogen-bond donors (Lipinski definition) is 3. The van der Waals surface area contributed by atoms with Crippen molar-refractivity contribution in [1.82, 2.24) is 10.6 Å². The molecule has 0 radical (unpaired) electrons. The Morgan fingerprint density at radius 1 is 1.16 bits per heavy atom. The molecule has 0 bridgehead atoms. The Hall–Kier alpha value is -2.04. The fourth-order valence-corrected chi connectivity index (χ4v) is 2.36. The predicted molar refractivity (Wildman–Crippen MR) is 70.7 cm³/mol. The van der Waals surface area contributed by atoms with Crippen molar-refractivity contribution in [3.8, 4) is 0 Å². The van der Waals surface area contributed by atoms with Crippen LogP contribution in [0.25, 0.3) is 0 Å². The van der Waals surface area contributed by atoms with Crippen molar-refractivity contribution in [1.29, 1.82) is 0 Å². The van der Waals surface area contributed by atoms with Crippen molar-refractivity contribution in [3.05, 3.63) is 35.9 Å². The summed E-state index contributed by atoms with van der Waals surface area (Å²) in [6.07, 6.45) is 4.17. The summed E-state index contributed by atoms with van der Waals surface area (Å²) in [4.78, 5) is 23.0. The number of carboxylic acid groups (broad SMARTS) is 1. The van der Waals surface area contributed by atoms with Crippen LogP contribution in [0, 0.1) is 0 Å². The largest absolute Gasteiger partial charge is 0.479 e. The van der Waals surface area contributed by atoms with Gasteiger partial charge >= 0.3 is 12.0 Å². The molecule has 0 saturated heterocycles. The zero-order chi connectivity index (χ0) is 13.7. The number of aliphatic carboxylic acids is 1. The highest BCUT2D eigenvalue weighted by molar-refractivity contribution is 5.83. The molecule has 2 rings (SSSR count). The fraction of sp³-hybridized carbons (Fsp3) is 0.429. The summed E-state index contributed by atoms with van der Waals surface area (Å²) in [6, 6.07) is 7.43. The summed E-state index contributed by atoms with van der Waals surface area (Å²) in [5.41, 5.74) is 0.566. The second kappa shape index (κ2) is 6.22. The molecule has 5 heteroatoms. The second-order valence-corrected chi connectivity index (χ2v) is 4.78. The van der Waals surface area contributed by atoms with E-state index in [-0.39, 0.29) is 6.04 Å². The Kier molecular flexibility index (Phi) is 4.39. The minimum atomic E-state index is -1.06. The summed E-state index contributed by atoms with van der Waals surface area (Å²) in [5, 5.41) is 14.5. The summed E-state index contributed by atoms with van der Waals surface area (Å²) in [5.74, 6) is -1.06. The Morgan fingerprint density at radius 3 is 2.37 bits per heavy atom. The van der Waals surface area contributed by atoms with Crippen LogP contribution in [0.5, 0.6) is 0 Å². The van der Waals surface area contributed by atoms with E-state index in [9.17, 15) is 14.7 Å². The third kappa shape index (κ3) is 3.71. The first-order valence-electron chi connectivity index (χ1n) is 6.51. The first kappa shape index (κ1) is 13.4. The molecule has 1 aromatic rings. The molecule has 1 aliphatic rings. The van der Waals surface area contributed by atoms with Gasteiger partial charge in [0.2, 0.25) is 0 Å². The lowest BCUT2D eigenvalue weighted by molar-refractivity contribution is -0.139. The van der Waals surface area contributed by atoms with Crippen molar-refractivity contribution in [2.24, 2.45) is 0 Å². The molecule has 0 spiro atoms. The molecule has 2 amide bonds. The van der Waals surface area contributed by atoms with Gasteiger partial charge < -0.3 is 15.7 Å². The minimum absolute atomic E-state index is 0.171. The summed E-state index contributed by atoms with van der Waals surface area (Å²) in [7, 11) is 0. The van der Waals surface area contributed by atoms with Crippen molar-refractivity contribution >= 4 is 12.0 Å². The highest BCUT2D eigenvalue weighted by Gasteiger charge is 2.23. The molecule has 5 nitrogen and oxygen atoms in total. The lowest BCUT2D eigenvalue weighted by Crippen LogP contribution is -2.44. The van der Waals surface area contributed by atoms with Gasteiger partial charge in [0.05, 0.1) is 0 Å². The molecule has 1 aromatic carbocycles. The quantitative estimate of drug-likeness (QED) is 0.777. The number of nitrogens with one attached hydrogen (secondary N) is 2. The topological polar surface area (TPSA) is 78.4 Å². The minimum Gasteiger partial charge on any atom is -0.479 e. The van der Waals surface area contributed by atoms with E-state index in [2.05, 4.69) is 10.6 Å². The number of benzene rings is 1. The van der Waals surface area contributed by atoms with Gasteiger partial charge in [0, 0.05) is 6.04 Å². The molecule has 19 heavy (non-hydrogen) atoms. The molecule has 0 heterocycles. The van der Waals surface area contributed by atoms with Crippen molar-refractivity contribution < 1.29 is 14.7 Å². The average Bonchev–Trinajstić information content (AvgIpc) is 2.89. The molecule has 1 aliphatic carbocycles. The van der Waals surface area contributed by atoms with E-state index >= 15 is 0 Å². The van der Waals surface area contributed by atoms with Gasteiger partial charge in [-0.25, -0.2) is 9.59 Å². The van der Waals surface area contributed by atoms with Gasteiger partial charge in [-0.05, 0) is 18.4 Å². The Labute approximate surface area is 112 Å². The normalized spacial score (nSPS) is 16.8. The van der Waals surface area contributed by atoms with E-state index in [0.29, 0.717) is 5.56 Å². The first-order chi connectivity index (χ1) is 9.16. The van der Waals surface area contributed by atoms with Gasteiger partial charge in [0.15, 0.2) is 6.04 Å². The zero-order valence-electron chi connectivity index (χ0n) is 10.6. The monoisotopic (exact) mass is 262 g/mol. The maximum atomic E-state index is 11.8. The Bertz CT molecular complexity index is 441. The second-order valence-electron chi connectivity index (χ2n) is 4.78. The highest BCUT2D eigenvalue weighted by atomic mass is 16.4. The lowest BCUT2D eigenvalue weighted by Gasteiger charge is -2.18. The van der Waals surface area contributed by atoms with E-state index in [0.717, 1.165) is 25.7 Å². The van der Waals surface area contributed by atoms with Crippen LogP contribution in [-0.2, 0) is 4.79 Å². The Morgan fingerprint density at radius 2 is 1.79 bits per heavy atom. The van der Waals surface area contributed by atoms with Crippen molar-refractivity contribution in [2.45, 2.75) is 37.8 Å². The molecular weight excluding hydrogens is 244 g/mol. The maximum absolute atomic E-state index is 11.8. The molecule has 3 N–H and O–H groups in total. The number of rotatable bonds is 4. The van der Waals surface area contributed by atoms with E-state index in [1.165, 1.54) is 0 Å². The molecule has 102 valence electrons.